The molecule has 3 heterocycles. The summed E-state index contributed by atoms with van der Waals surface area (Å²) in [6.45, 7) is 3.48. The molecule has 0 amide bonds. The van der Waals surface area contributed by atoms with Gasteiger partial charge in [0.1, 0.15) is 0 Å². The SMILES string of the molecule is CCCS(=O)(=O)Nc1cccc(-c2nc(C3CCOCC3)sc2-c2ccnc(NCCO)n2)c1Cl. The Kier molecular flexibility index (Phi) is 8.55. The number of nitrogens with zero attached hydrogens (tertiary/aromatic N) is 3. The van der Waals surface area contributed by atoms with Crippen molar-refractivity contribution in [1.29, 1.82) is 0 Å². The van der Waals surface area contributed by atoms with E-state index < -0.39 is 10.0 Å². The van der Waals surface area contributed by atoms with Gasteiger partial charge in [-0.2, -0.15) is 0 Å². The molecule has 0 bridgehead atoms. The van der Waals surface area contributed by atoms with Gasteiger partial charge in [0.05, 0.1) is 44.3 Å². The van der Waals surface area contributed by atoms with Crippen molar-refractivity contribution >= 4 is 44.6 Å². The zero-order chi connectivity index (χ0) is 24.8. The number of rotatable bonds is 10. The number of anilines is 2. The minimum atomic E-state index is -3.51. The standard InChI is InChI=1S/C23H28ClN5O4S2/c1-2-14-35(31,32)29-17-5-3-4-16(19(17)24)20-21(18-6-9-25-23(27-18)26-10-11-30)34-22(28-20)15-7-12-33-13-8-15/h3-6,9,15,29-30H,2,7-8,10-14H2,1H3,(H,25,26,27). The van der Waals surface area contributed by atoms with Crippen LogP contribution < -0.4 is 10.0 Å². The Morgan fingerprint density at radius 2 is 2.03 bits per heavy atom. The maximum Gasteiger partial charge on any atom is 0.232 e. The van der Waals surface area contributed by atoms with Crippen molar-refractivity contribution in [2.75, 3.05) is 42.2 Å². The maximum atomic E-state index is 12.4. The maximum absolute atomic E-state index is 12.4. The van der Waals surface area contributed by atoms with Gasteiger partial charge < -0.3 is 15.2 Å². The normalized spacial score (nSPS) is 14.7. The molecule has 2 aromatic heterocycles. The number of thiazole rings is 1. The van der Waals surface area contributed by atoms with E-state index >= 15 is 0 Å². The molecule has 3 N–H and O–H groups in total. The van der Waals surface area contributed by atoms with Gasteiger partial charge in [-0.05, 0) is 31.4 Å². The van der Waals surface area contributed by atoms with E-state index in [2.05, 4.69) is 20.0 Å². The number of aliphatic hydroxyl groups is 1. The fourth-order valence-corrected chi connectivity index (χ4v) is 6.51. The van der Waals surface area contributed by atoms with Crippen LogP contribution >= 0.6 is 22.9 Å². The lowest BCUT2D eigenvalue weighted by atomic mass is 10.0. The van der Waals surface area contributed by atoms with Crippen LogP contribution in [0.3, 0.4) is 0 Å². The molecule has 1 aromatic carbocycles. The lowest BCUT2D eigenvalue weighted by Crippen LogP contribution is -2.16. The van der Waals surface area contributed by atoms with E-state index in [1.165, 1.54) is 0 Å². The fraction of sp³-hybridized carbons (Fsp3) is 0.435. The molecule has 4 rings (SSSR count). The third-order valence-electron chi connectivity index (χ3n) is 5.49. The topological polar surface area (TPSA) is 126 Å². The first-order chi connectivity index (χ1) is 16.9. The molecule has 0 spiro atoms. The first kappa shape index (κ1) is 25.8. The highest BCUT2D eigenvalue weighted by molar-refractivity contribution is 7.92. The Morgan fingerprint density at radius 1 is 1.23 bits per heavy atom. The van der Waals surface area contributed by atoms with Gasteiger partial charge in [0.2, 0.25) is 16.0 Å². The van der Waals surface area contributed by atoms with E-state index in [0.717, 1.165) is 22.7 Å². The molecular weight excluding hydrogens is 510 g/mol. The molecule has 1 aliphatic heterocycles. The average Bonchev–Trinajstić information content (AvgIpc) is 3.30. The Morgan fingerprint density at radius 3 is 2.77 bits per heavy atom. The van der Waals surface area contributed by atoms with E-state index in [1.54, 1.807) is 35.7 Å². The molecule has 188 valence electrons. The minimum Gasteiger partial charge on any atom is -0.395 e. The van der Waals surface area contributed by atoms with Gasteiger partial charge in [0, 0.05) is 37.4 Å². The average molecular weight is 538 g/mol. The van der Waals surface area contributed by atoms with Gasteiger partial charge in [-0.25, -0.2) is 23.4 Å². The van der Waals surface area contributed by atoms with Gasteiger partial charge in [0.25, 0.3) is 0 Å². The summed E-state index contributed by atoms with van der Waals surface area (Å²) in [4.78, 5) is 14.6. The third-order valence-corrected chi connectivity index (χ3v) is 8.61. The van der Waals surface area contributed by atoms with Crippen molar-refractivity contribution in [2.24, 2.45) is 0 Å². The summed E-state index contributed by atoms with van der Waals surface area (Å²) in [5.74, 6) is 0.671. The predicted molar refractivity (Wildman–Crippen MR) is 140 cm³/mol. The number of ether oxygens (including phenoxy) is 1. The van der Waals surface area contributed by atoms with Crippen LogP contribution in [0.1, 0.15) is 37.1 Å². The van der Waals surface area contributed by atoms with E-state index in [9.17, 15) is 8.42 Å². The lowest BCUT2D eigenvalue weighted by molar-refractivity contribution is 0.0853. The molecule has 0 unspecified atom stereocenters. The molecule has 3 aromatic rings. The summed E-state index contributed by atoms with van der Waals surface area (Å²) < 4.78 is 32.9. The van der Waals surface area contributed by atoms with Gasteiger partial charge in [-0.3, -0.25) is 4.72 Å². The number of sulfonamides is 1. The second-order valence-corrected chi connectivity index (χ2v) is 11.4. The molecule has 12 heteroatoms. The number of hydrogen-bond donors (Lipinski definition) is 3. The van der Waals surface area contributed by atoms with Crippen LogP contribution in [-0.4, -0.2) is 60.6 Å². The molecule has 0 aliphatic carbocycles. The second kappa shape index (κ2) is 11.6. The lowest BCUT2D eigenvalue weighted by Gasteiger charge is -2.19. The second-order valence-electron chi connectivity index (χ2n) is 8.12. The van der Waals surface area contributed by atoms with Crippen LogP contribution in [0.5, 0.6) is 0 Å². The first-order valence-corrected chi connectivity index (χ1v) is 14.3. The predicted octanol–water partition coefficient (Wildman–Crippen LogP) is 4.37. The van der Waals surface area contributed by atoms with Crippen molar-refractivity contribution < 1.29 is 18.3 Å². The molecule has 0 radical (unpaired) electrons. The Labute approximate surface area is 214 Å². The zero-order valence-corrected chi connectivity index (χ0v) is 21.7. The number of hydrogen-bond acceptors (Lipinski definition) is 9. The van der Waals surface area contributed by atoms with Crippen LogP contribution in [0.25, 0.3) is 21.8 Å². The summed E-state index contributed by atoms with van der Waals surface area (Å²) in [6.07, 6.45) is 3.91. The number of nitrogens with one attached hydrogen (secondary N) is 2. The molecule has 1 fully saturated rings. The van der Waals surface area contributed by atoms with Crippen LogP contribution in [0, 0.1) is 0 Å². The first-order valence-electron chi connectivity index (χ1n) is 11.5. The van der Waals surface area contributed by atoms with Crippen LogP contribution in [0.15, 0.2) is 30.5 Å². The highest BCUT2D eigenvalue weighted by atomic mass is 35.5. The molecular formula is C23H28ClN5O4S2. The molecule has 35 heavy (non-hydrogen) atoms. The summed E-state index contributed by atoms with van der Waals surface area (Å²) >= 11 is 8.30. The van der Waals surface area contributed by atoms with Gasteiger partial charge in [-0.15, -0.1) is 11.3 Å². The zero-order valence-electron chi connectivity index (χ0n) is 19.3. The van der Waals surface area contributed by atoms with Crippen LogP contribution in [0.4, 0.5) is 11.6 Å². The van der Waals surface area contributed by atoms with Crippen molar-refractivity contribution in [1.82, 2.24) is 15.0 Å². The van der Waals surface area contributed by atoms with Gasteiger partial charge >= 0.3 is 0 Å². The number of halogens is 1. The highest BCUT2D eigenvalue weighted by Crippen LogP contribution is 2.44. The van der Waals surface area contributed by atoms with E-state index in [-0.39, 0.29) is 23.3 Å². The molecule has 1 saturated heterocycles. The Bertz CT molecular complexity index is 1260. The monoisotopic (exact) mass is 537 g/mol. The summed E-state index contributed by atoms with van der Waals surface area (Å²) in [7, 11) is -3.51. The van der Waals surface area contributed by atoms with Crippen molar-refractivity contribution in [2.45, 2.75) is 32.1 Å². The van der Waals surface area contributed by atoms with Crippen molar-refractivity contribution in [3.05, 3.63) is 40.5 Å². The number of aromatic nitrogens is 3. The molecule has 9 nitrogen and oxygen atoms in total. The summed E-state index contributed by atoms with van der Waals surface area (Å²) in [6, 6.07) is 7.04. The van der Waals surface area contributed by atoms with Crippen molar-refractivity contribution in [3.63, 3.8) is 0 Å². The number of aliphatic hydroxyl groups excluding tert-OH is 1. The van der Waals surface area contributed by atoms with Crippen LogP contribution in [0.2, 0.25) is 5.02 Å². The Balaban J connectivity index is 1.79. The molecule has 0 saturated carbocycles. The van der Waals surface area contributed by atoms with E-state index in [4.69, 9.17) is 26.4 Å². The fourth-order valence-electron chi connectivity index (χ4n) is 3.83. The van der Waals surface area contributed by atoms with Gasteiger partial charge in [0.15, 0.2) is 0 Å². The highest BCUT2D eigenvalue weighted by Gasteiger charge is 2.25. The minimum absolute atomic E-state index is 0.00790. The Hall–Kier alpha value is -2.31. The number of benzene rings is 1. The molecule has 0 atom stereocenters. The largest absolute Gasteiger partial charge is 0.395 e. The van der Waals surface area contributed by atoms with Gasteiger partial charge in [-0.1, -0.05) is 30.7 Å². The van der Waals surface area contributed by atoms with E-state index in [1.807, 2.05) is 13.0 Å². The molecule has 1 aliphatic rings. The van der Waals surface area contributed by atoms with Crippen LogP contribution in [-0.2, 0) is 14.8 Å². The summed E-state index contributed by atoms with van der Waals surface area (Å²) in [5, 5.41) is 13.4. The quantitative estimate of drug-likeness (QED) is 0.348. The third kappa shape index (κ3) is 6.28. The van der Waals surface area contributed by atoms with Crippen molar-refractivity contribution in [3.8, 4) is 21.8 Å². The smallest absolute Gasteiger partial charge is 0.232 e. The summed E-state index contributed by atoms with van der Waals surface area (Å²) in [5.41, 5.74) is 2.25. The van der Waals surface area contributed by atoms with E-state index in [0.29, 0.717) is 54.8 Å².